The van der Waals surface area contributed by atoms with Crippen LogP contribution in [0.2, 0.25) is 0 Å². The Kier molecular flexibility index (Phi) is 6.84. The number of hydrogen-bond acceptors (Lipinski definition) is 4. The van der Waals surface area contributed by atoms with E-state index in [1.165, 1.54) is 24.0 Å². The Morgan fingerprint density at radius 1 is 1.30 bits per heavy atom. The van der Waals surface area contributed by atoms with E-state index in [9.17, 15) is 0 Å². The Labute approximate surface area is 195 Å². The third-order valence-electron chi connectivity index (χ3n) is 5.89. The molecule has 30 heavy (non-hydrogen) atoms. The Hall–Kier alpha value is -1.97. The van der Waals surface area contributed by atoms with Crippen LogP contribution in [0.15, 0.2) is 29.4 Å². The van der Waals surface area contributed by atoms with Crippen LogP contribution in [-0.2, 0) is 19.0 Å². The quantitative estimate of drug-likeness (QED) is 0.355. The van der Waals surface area contributed by atoms with Crippen LogP contribution >= 0.6 is 24.0 Å². The number of hydrogen-bond donors (Lipinski definition) is 1. The molecule has 2 aliphatic rings. The van der Waals surface area contributed by atoms with E-state index >= 15 is 0 Å². The van der Waals surface area contributed by atoms with Crippen molar-refractivity contribution in [3.05, 3.63) is 41.2 Å². The molecule has 8 heteroatoms. The molecule has 164 valence electrons. The van der Waals surface area contributed by atoms with E-state index in [4.69, 9.17) is 9.47 Å². The number of ether oxygens (including phenoxy) is 2. The Bertz CT molecular complexity index is 920. The van der Waals surface area contributed by atoms with Crippen molar-refractivity contribution in [1.29, 1.82) is 0 Å². The summed E-state index contributed by atoms with van der Waals surface area (Å²) in [5, 5.41) is 8.21. The highest BCUT2D eigenvalue weighted by molar-refractivity contribution is 14.0. The van der Waals surface area contributed by atoms with E-state index in [2.05, 4.69) is 59.5 Å². The van der Waals surface area contributed by atoms with Gasteiger partial charge in [0.2, 0.25) is 6.79 Å². The van der Waals surface area contributed by atoms with Gasteiger partial charge in [0.1, 0.15) is 0 Å². The zero-order valence-electron chi connectivity index (χ0n) is 18.4. The molecule has 7 nitrogen and oxygen atoms in total. The lowest BCUT2D eigenvalue weighted by atomic mass is 9.95. The van der Waals surface area contributed by atoms with Crippen LogP contribution in [0.4, 0.5) is 0 Å². The van der Waals surface area contributed by atoms with Crippen molar-refractivity contribution in [3.63, 3.8) is 0 Å². The number of rotatable bonds is 6. The van der Waals surface area contributed by atoms with Gasteiger partial charge in [0, 0.05) is 51.4 Å². The number of aliphatic imine (C=N–C) groups is 1. The van der Waals surface area contributed by atoms with Crippen molar-refractivity contribution >= 4 is 29.9 Å². The zero-order chi connectivity index (χ0) is 20.6. The fraction of sp³-hybridized carbons (Fsp3) is 0.545. The van der Waals surface area contributed by atoms with Gasteiger partial charge in [0.05, 0.1) is 5.69 Å². The third-order valence-corrected chi connectivity index (χ3v) is 5.89. The highest BCUT2D eigenvalue weighted by atomic mass is 127. The number of fused-ring (bicyclic) bond motifs is 1. The first-order chi connectivity index (χ1) is 13.9. The van der Waals surface area contributed by atoms with Crippen molar-refractivity contribution in [3.8, 4) is 11.5 Å². The normalized spacial score (nSPS) is 16.4. The van der Waals surface area contributed by atoms with Crippen LogP contribution in [0.3, 0.4) is 0 Å². The molecule has 1 aliphatic heterocycles. The van der Waals surface area contributed by atoms with Crippen molar-refractivity contribution in [2.45, 2.75) is 44.6 Å². The molecule has 4 rings (SSSR count). The molecule has 0 amide bonds. The first-order valence-corrected chi connectivity index (χ1v) is 10.3. The second-order valence-corrected chi connectivity index (χ2v) is 8.47. The van der Waals surface area contributed by atoms with Crippen LogP contribution in [-0.4, -0.2) is 48.1 Å². The Morgan fingerprint density at radius 3 is 2.70 bits per heavy atom. The minimum atomic E-state index is 0. The number of aryl methyl sites for hydroxylation is 1. The number of halogens is 1. The van der Waals surface area contributed by atoms with Gasteiger partial charge in [0.15, 0.2) is 17.5 Å². The summed E-state index contributed by atoms with van der Waals surface area (Å²) in [6, 6.07) is 6.32. The maximum absolute atomic E-state index is 5.56. The van der Waals surface area contributed by atoms with Gasteiger partial charge in [0.25, 0.3) is 0 Å². The molecule has 0 bridgehead atoms. The summed E-state index contributed by atoms with van der Waals surface area (Å²) in [5.41, 5.74) is 3.84. The fourth-order valence-electron chi connectivity index (χ4n) is 4.07. The predicted molar refractivity (Wildman–Crippen MR) is 129 cm³/mol. The lowest BCUT2D eigenvalue weighted by Crippen LogP contribution is -2.42. The van der Waals surface area contributed by atoms with Crippen LogP contribution in [0, 0.1) is 0 Å². The van der Waals surface area contributed by atoms with Gasteiger partial charge in [-0.3, -0.25) is 9.67 Å². The topological polar surface area (TPSA) is 63.9 Å². The molecule has 2 aromatic rings. The molecular weight excluding hydrogens is 493 g/mol. The van der Waals surface area contributed by atoms with E-state index in [1.54, 1.807) is 0 Å². The molecule has 0 radical (unpaired) electrons. The summed E-state index contributed by atoms with van der Waals surface area (Å²) in [4.78, 5) is 6.67. The van der Waals surface area contributed by atoms with Gasteiger partial charge in [-0.05, 0) is 36.5 Å². The van der Waals surface area contributed by atoms with E-state index < -0.39 is 0 Å². The number of nitrogens with one attached hydrogen (secondary N) is 1. The van der Waals surface area contributed by atoms with E-state index in [0.29, 0.717) is 12.7 Å². The summed E-state index contributed by atoms with van der Waals surface area (Å²) in [6.45, 7) is 6.31. The Balaban J connectivity index is 0.00000256. The highest BCUT2D eigenvalue weighted by Gasteiger charge is 2.45. The number of nitrogens with zero attached hydrogens (tertiary/aromatic N) is 4. The number of aromatic nitrogens is 2. The van der Waals surface area contributed by atoms with Crippen molar-refractivity contribution < 1.29 is 9.47 Å². The average Bonchev–Trinajstić information content (AvgIpc) is 3.16. The van der Waals surface area contributed by atoms with E-state index in [-0.39, 0.29) is 29.4 Å². The largest absolute Gasteiger partial charge is 0.454 e. The van der Waals surface area contributed by atoms with Crippen molar-refractivity contribution in [2.24, 2.45) is 12.0 Å². The van der Waals surface area contributed by atoms with Gasteiger partial charge in [-0.25, -0.2) is 0 Å². The smallest absolute Gasteiger partial charge is 0.231 e. The fourth-order valence-corrected chi connectivity index (χ4v) is 4.07. The second kappa shape index (κ2) is 9.03. The van der Waals surface area contributed by atoms with Gasteiger partial charge >= 0.3 is 0 Å². The lowest BCUT2D eigenvalue weighted by Gasteiger charge is -2.25. The molecule has 1 N–H and O–H groups in total. The minimum Gasteiger partial charge on any atom is -0.454 e. The van der Waals surface area contributed by atoms with Crippen LogP contribution in [0.1, 0.15) is 49.4 Å². The van der Waals surface area contributed by atoms with Gasteiger partial charge in [-0.1, -0.05) is 19.9 Å². The number of guanidine groups is 1. The Morgan fingerprint density at radius 2 is 2.03 bits per heavy atom. The van der Waals surface area contributed by atoms with Crippen LogP contribution < -0.4 is 14.8 Å². The summed E-state index contributed by atoms with van der Waals surface area (Å²) in [6.07, 6.45) is 4.44. The maximum Gasteiger partial charge on any atom is 0.231 e. The molecule has 0 saturated heterocycles. The number of benzene rings is 1. The van der Waals surface area contributed by atoms with Crippen molar-refractivity contribution in [1.82, 2.24) is 20.0 Å². The van der Waals surface area contributed by atoms with Crippen LogP contribution in [0.5, 0.6) is 11.5 Å². The molecule has 0 unspecified atom stereocenters. The zero-order valence-corrected chi connectivity index (χ0v) is 20.8. The summed E-state index contributed by atoms with van der Waals surface area (Å²) in [7, 11) is 5.89. The minimum absolute atomic E-state index is 0. The molecule has 0 spiro atoms. The van der Waals surface area contributed by atoms with E-state index in [1.807, 2.05) is 24.8 Å². The lowest BCUT2D eigenvalue weighted by molar-refractivity contribution is 0.174. The molecule has 1 saturated carbocycles. The maximum atomic E-state index is 5.56. The molecule has 0 atom stereocenters. The van der Waals surface area contributed by atoms with Crippen molar-refractivity contribution in [2.75, 3.05) is 27.4 Å². The monoisotopic (exact) mass is 525 g/mol. The molecule has 1 aromatic carbocycles. The van der Waals surface area contributed by atoms with Gasteiger partial charge < -0.3 is 19.7 Å². The summed E-state index contributed by atoms with van der Waals surface area (Å²) in [5.74, 6) is 2.99. The SMILES string of the molecule is CN=C(NCC1(c2ccc3c(c2)OCO3)CC1)N(C)Cc1cn(C)nc1C(C)C.I. The average molecular weight is 525 g/mol. The standard InChI is InChI=1S/C22H31N5O2.HI/c1-15(2)20-16(12-27(5)25-20)11-26(4)21(23-3)24-13-22(8-9-22)17-6-7-18-19(10-17)29-14-28-18;/h6-7,10,12,15H,8-9,11,13-14H2,1-5H3,(H,23,24);1H. The van der Waals surface area contributed by atoms with Gasteiger partial charge in [-0.2, -0.15) is 5.10 Å². The molecule has 1 aliphatic carbocycles. The molecule has 2 heterocycles. The highest BCUT2D eigenvalue weighted by Crippen LogP contribution is 2.49. The first kappa shape index (κ1) is 22.7. The summed E-state index contributed by atoms with van der Waals surface area (Å²) >= 11 is 0. The van der Waals surface area contributed by atoms with Gasteiger partial charge in [-0.15, -0.1) is 24.0 Å². The predicted octanol–water partition coefficient (Wildman–Crippen LogP) is 3.63. The first-order valence-electron chi connectivity index (χ1n) is 10.3. The second-order valence-electron chi connectivity index (χ2n) is 8.47. The van der Waals surface area contributed by atoms with Crippen LogP contribution in [0.25, 0.3) is 0 Å². The molecule has 1 fully saturated rings. The third kappa shape index (κ3) is 4.53. The summed E-state index contributed by atoms with van der Waals surface area (Å²) < 4.78 is 12.9. The molecular formula is C22H32IN5O2. The molecule has 1 aromatic heterocycles. The van der Waals surface area contributed by atoms with E-state index in [0.717, 1.165) is 36.2 Å².